The Morgan fingerprint density at radius 2 is 1.58 bits per heavy atom. The van der Waals surface area contributed by atoms with Gasteiger partial charge < -0.3 is 10.4 Å². The first-order valence-electron chi connectivity index (χ1n) is 7.55. The molecule has 3 aromatic rings. The summed E-state index contributed by atoms with van der Waals surface area (Å²) in [4.78, 5) is 12.5. The number of carbonyl (C=O) groups is 1. The van der Waals surface area contributed by atoms with Crippen molar-refractivity contribution < 1.29 is 9.90 Å². The molecule has 0 aliphatic rings. The van der Waals surface area contributed by atoms with Crippen LogP contribution in [0.25, 0.3) is 0 Å². The Balaban J connectivity index is 1.89. The molecule has 0 saturated heterocycles. The van der Waals surface area contributed by atoms with Gasteiger partial charge in [0.15, 0.2) is 0 Å². The lowest BCUT2D eigenvalue weighted by atomic mass is 10.0. The van der Waals surface area contributed by atoms with Crippen molar-refractivity contribution in [2.24, 2.45) is 0 Å². The number of rotatable bonds is 4. The zero-order chi connectivity index (χ0) is 16.9. The van der Waals surface area contributed by atoms with Gasteiger partial charge >= 0.3 is 0 Å². The van der Waals surface area contributed by atoms with Gasteiger partial charge in [-0.25, -0.2) is 0 Å². The molecule has 0 bridgehead atoms. The van der Waals surface area contributed by atoms with Gasteiger partial charge in [-0.05, 0) is 29.8 Å². The number of aromatic hydroxyl groups is 1. The Morgan fingerprint density at radius 3 is 2.25 bits per heavy atom. The van der Waals surface area contributed by atoms with Crippen LogP contribution in [0.15, 0.2) is 72.8 Å². The van der Waals surface area contributed by atoms with Gasteiger partial charge in [0.05, 0.1) is 5.56 Å². The van der Waals surface area contributed by atoms with Crippen molar-refractivity contribution in [3.05, 3.63) is 94.5 Å². The van der Waals surface area contributed by atoms with E-state index in [-0.39, 0.29) is 11.3 Å². The summed E-state index contributed by atoms with van der Waals surface area (Å²) in [5, 5.41) is 13.7. The zero-order valence-corrected chi connectivity index (χ0v) is 13.6. The molecule has 3 aromatic carbocycles. The van der Waals surface area contributed by atoms with Crippen LogP contribution in [-0.2, 0) is 6.42 Å². The molecule has 0 unspecified atom stereocenters. The van der Waals surface area contributed by atoms with Gasteiger partial charge in [-0.15, -0.1) is 0 Å². The average Bonchev–Trinajstić information content (AvgIpc) is 2.59. The minimum absolute atomic E-state index is 0.0447. The van der Waals surface area contributed by atoms with Crippen molar-refractivity contribution in [3.63, 3.8) is 0 Å². The first-order chi connectivity index (χ1) is 11.6. The monoisotopic (exact) mass is 337 g/mol. The molecule has 24 heavy (non-hydrogen) atoms. The van der Waals surface area contributed by atoms with Gasteiger partial charge in [-0.1, -0.05) is 60.1 Å². The minimum Gasteiger partial charge on any atom is -0.507 e. The molecule has 0 aliphatic carbocycles. The number of phenols is 1. The summed E-state index contributed by atoms with van der Waals surface area (Å²) in [5.41, 5.74) is 2.47. The number of halogens is 1. The number of amides is 1. The number of anilines is 1. The highest BCUT2D eigenvalue weighted by Gasteiger charge is 2.16. The molecule has 0 spiro atoms. The second-order valence-corrected chi connectivity index (χ2v) is 5.88. The molecule has 0 fully saturated rings. The zero-order valence-electron chi connectivity index (χ0n) is 12.9. The second kappa shape index (κ2) is 7.20. The first kappa shape index (κ1) is 16.1. The molecule has 0 aromatic heterocycles. The van der Waals surface area contributed by atoms with Crippen molar-refractivity contribution in [1.29, 1.82) is 0 Å². The van der Waals surface area contributed by atoms with Crippen LogP contribution in [0.5, 0.6) is 5.75 Å². The summed E-state index contributed by atoms with van der Waals surface area (Å²) in [6.07, 6.45) is 0.499. The van der Waals surface area contributed by atoms with Crippen molar-refractivity contribution in [3.8, 4) is 5.75 Å². The van der Waals surface area contributed by atoms with Crippen molar-refractivity contribution >= 4 is 23.2 Å². The Kier molecular flexibility index (Phi) is 4.82. The number of nitrogens with one attached hydrogen (secondary N) is 1. The predicted octanol–water partition coefficient (Wildman–Crippen LogP) is 4.89. The Labute approximate surface area is 145 Å². The lowest BCUT2D eigenvalue weighted by molar-refractivity contribution is 0.102. The fourth-order valence-electron chi connectivity index (χ4n) is 2.50. The minimum atomic E-state index is -0.393. The summed E-state index contributed by atoms with van der Waals surface area (Å²) in [5.74, 6) is -0.438. The largest absolute Gasteiger partial charge is 0.507 e. The molecule has 0 radical (unpaired) electrons. The fourth-order valence-corrected chi connectivity index (χ4v) is 2.74. The topological polar surface area (TPSA) is 49.3 Å². The van der Waals surface area contributed by atoms with E-state index in [9.17, 15) is 9.90 Å². The third-order valence-electron chi connectivity index (χ3n) is 3.67. The maximum atomic E-state index is 12.5. The summed E-state index contributed by atoms with van der Waals surface area (Å²) < 4.78 is 0. The predicted molar refractivity (Wildman–Crippen MR) is 96.8 cm³/mol. The number of carbonyl (C=O) groups excluding carboxylic acids is 1. The highest BCUT2D eigenvalue weighted by molar-refractivity contribution is 6.31. The molecular formula is C20H16ClNO2. The van der Waals surface area contributed by atoms with Crippen molar-refractivity contribution in [2.75, 3.05) is 5.32 Å². The number of benzene rings is 3. The van der Waals surface area contributed by atoms with E-state index >= 15 is 0 Å². The number of para-hydroxylation sites is 1. The Bertz CT molecular complexity index is 848. The third kappa shape index (κ3) is 3.76. The van der Waals surface area contributed by atoms with Crippen molar-refractivity contribution in [1.82, 2.24) is 0 Å². The molecule has 0 heterocycles. The highest BCUT2D eigenvalue weighted by atomic mass is 35.5. The smallest absolute Gasteiger partial charge is 0.259 e. The molecule has 0 aliphatic heterocycles. The molecule has 1 amide bonds. The second-order valence-electron chi connectivity index (χ2n) is 5.44. The van der Waals surface area contributed by atoms with Gasteiger partial charge in [0.25, 0.3) is 5.91 Å². The van der Waals surface area contributed by atoms with E-state index in [1.165, 1.54) is 6.07 Å². The van der Waals surface area contributed by atoms with Crippen LogP contribution in [-0.4, -0.2) is 11.0 Å². The fraction of sp³-hybridized carbons (Fsp3) is 0.0500. The maximum absolute atomic E-state index is 12.5. The van der Waals surface area contributed by atoms with E-state index in [4.69, 9.17) is 11.6 Å². The maximum Gasteiger partial charge on any atom is 0.259 e. The number of phenolic OH excluding ortho intramolecular Hbond substituents is 1. The van der Waals surface area contributed by atoms with Crippen LogP contribution in [0.3, 0.4) is 0 Å². The summed E-state index contributed by atoms with van der Waals surface area (Å²) in [6.45, 7) is 0. The molecule has 4 heteroatoms. The van der Waals surface area contributed by atoms with Crippen LogP contribution in [0.1, 0.15) is 21.5 Å². The molecule has 3 rings (SSSR count). The van der Waals surface area contributed by atoms with E-state index in [0.717, 1.165) is 5.56 Å². The number of hydrogen-bond acceptors (Lipinski definition) is 2. The molecule has 0 saturated carbocycles. The van der Waals surface area contributed by atoms with Crippen molar-refractivity contribution in [2.45, 2.75) is 6.42 Å². The molecule has 0 atom stereocenters. The van der Waals surface area contributed by atoms with Crippen LogP contribution >= 0.6 is 11.6 Å². The van der Waals surface area contributed by atoms with Gasteiger partial charge in [0, 0.05) is 22.7 Å². The first-order valence-corrected chi connectivity index (χ1v) is 7.93. The van der Waals surface area contributed by atoms with E-state index in [1.54, 1.807) is 18.2 Å². The van der Waals surface area contributed by atoms with Crippen LogP contribution in [0.4, 0.5) is 5.69 Å². The van der Waals surface area contributed by atoms with Gasteiger partial charge in [0.2, 0.25) is 0 Å². The Morgan fingerprint density at radius 1 is 0.958 bits per heavy atom. The van der Waals surface area contributed by atoms with Crippen LogP contribution in [0, 0.1) is 0 Å². The summed E-state index contributed by atoms with van der Waals surface area (Å²) >= 11 is 6.14. The van der Waals surface area contributed by atoms with Gasteiger partial charge in [0.1, 0.15) is 5.75 Å². The van der Waals surface area contributed by atoms with Crippen LogP contribution in [0.2, 0.25) is 5.02 Å². The standard InChI is InChI=1S/C20H16ClNO2/c21-16-12-15(11-14-7-3-1-4-8-14)19(23)18(13-16)20(24)22-17-9-5-2-6-10-17/h1-10,12-13,23H,11H2,(H,22,24). The lowest BCUT2D eigenvalue weighted by Gasteiger charge is -2.12. The van der Waals surface area contributed by atoms with Gasteiger partial charge in [-0.3, -0.25) is 4.79 Å². The molecule has 120 valence electrons. The molecular weight excluding hydrogens is 322 g/mol. The number of hydrogen-bond donors (Lipinski definition) is 2. The summed E-state index contributed by atoms with van der Waals surface area (Å²) in [6, 6.07) is 22.0. The van der Waals surface area contributed by atoms with E-state index in [1.807, 2.05) is 48.5 Å². The van der Waals surface area contributed by atoms with Crippen LogP contribution < -0.4 is 5.32 Å². The SMILES string of the molecule is O=C(Nc1ccccc1)c1cc(Cl)cc(Cc2ccccc2)c1O. The average molecular weight is 338 g/mol. The summed E-state index contributed by atoms with van der Waals surface area (Å²) in [7, 11) is 0. The van der Waals surface area contributed by atoms with Gasteiger partial charge in [-0.2, -0.15) is 0 Å². The third-order valence-corrected chi connectivity index (χ3v) is 3.89. The van der Waals surface area contributed by atoms with E-state index in [2.05, 4.69) is 5.32 Å². The molecule has 3 nitrogen and oxygen atoms in total. The van der Waals surface area contributed by atoms with E-state index < -0.39 is 5.91 Å². The quantitative estimate of drug-likeness (QED) is 0.712. The van der Waals surface area contributed by atoms with E-state index in [0.29, 0.717) is 22.7 Å². The molecule has 2 N–H and O–H groups in total. The Hall–Kier alpha value is -2.78. The highest BCUT2D eigenvalue weighted by Crippen LogP contribution is 2.29. The lowest BCUT2D eigenvalue weighted by Crippen LogP contribution is -2.12. The normalized spacial score (nSPS) is 10.4.